The highest BCUT2D eigenvalue weighted by atomic mass is 79.9. The highest BCUT2D eigenvalue weighted by Crippen LogP contribution is 2.47. The van der Waals surface area contributed by atoms with Gasteiger partial charge in [0.2, 0.25) is 0 Å². The van der Waals surface area contributed by atoms with E-state index in [9.17, 15) is 10.1 Å². The Bertz CT molecular complexity index is 448. The van der Waals surface area contributed by atoms with Gasteiger partial charge in [-0.2, -0.15) is 12.6 Å². The molecule has 4 nitrogen and oxygen atoms in total. The van der Waals surface area contributed by atoms with Crippen LogP contribution in [0.5, 0.6) is 5.75 Å². The Balaban J connectivity index is 2.09. The molecule has 0 spiro atoms. The normalized spacial score (nSPS) is 16.6. The van der Waals surface area contributed by atoms with E-state index in [4.69, 9.17) is 4.74 Å². The Morgan fingerprint density at radius 1 is 1.53 bits per heavy atom. The van der Waals surface area contributed by atoms with E-state index < -0.39 is 4.92 Å². The quantitative estimate of drug-likeness (QED) is 0.514. The smallest absolute Gasteiger partial charge is 0.273 e. The van der Waals surface area contributed by atoms with Crippen molar-refractivity contribution in [1.29, 1.82) is 0 Å². The van der Waals surface area contributed by atoms with Crippen LogP contribution in [0.15, 0.2) is 22.7 Å². The second-order valence-corrected chi connectivity index (χ2v) is 5.49. The molecule has 1 fully saturated rings. The molecule has 0 N–H and O–H groups in total. The third-order valence-corrected chi connectivity index (χ3v) is 4.28. The first kappa shape index (κ1) is 12.7. The van der Waals surface area contributed by atoms with Crippen molar-refractivity contribution in [3.05, 3.63) is 32.8 Å². The average molecular weight is 318 g/mol. The van der Waals surface area contributed by atoms with E-state index in [0.717, 1.165) is 23.1 Å². The summed E-state index contributed by atoms with van der Waals surface area (Å²) < 4.78 is 6.38. The Morgan fingerprint density at radius 3 is 2.76 bits per heavy atom. The van der Waals surface area contributed by atoms with E-state index in [-0.39, 0.29) is 11.1 Å². The number of hydrogen-bond donors (Lipinski definition) is 1. The number of nitrogens with zero attached hydrogens (tertiary/aromatic N) is 1. The molecule has 1 aliphatic carbocycles. The van der Waals surface area contributed by atoms with E-state index in [1.165, 1.54) is 12.1 Å². The van der Waals surface area contributed by atoms with Crippen LogP contribution in [0.25, 0.3) is 0 Å². The van der Waals surface area contributed by atoms with Crippen LogP contribution in [0.2, 0.25) is 0 Å². The molecule has 0 atom stereocenters. The number of halogens is 1. The average Bonchev–Trinajstić information content (AvgIpc) is 3.08. The lowest BCUT2D eigenvalue weighted by atomic mass is 10.2. The fourth-order valence-electron chi connectivity index (χ4n) is 1.47. The van der Waals surface area contributed by atoms with Gasteiger partial charge in [-0.25, -0.2) is 0 Å². The first-order chi connectivity index (χ1) is 8.06. The molecule has 0 aromatic heterocycles. The minimum atomic E-state index is -0.426. The van der Waals surface area contributed by atoms with E-state index in [1.54, 1.807) is 6.07 Å². The van der Waals surface area contributed by atoms with Crippen LogP contribution in [0, 0.1) is 15.5 Å². The van der Waals surface area contributed by atoms with Crippen LogP contribution in [-0.2, 0) is 0 Å². The lowest BCUT2D eigenvalue weighted by Gasteiger charge is -2.14. The van der Waals surface area contributed by atoms with Crippen LogP contribution in [0.4, 0.5) is 5.69 Å². The lowest BCUT2D eigenvalue weighted by Crippen LogP contribution is -2.14. The summed E-state index contributed by atoms with van der Waals surface area (Å²) in [6.45, 7) is 0.566. The van der Waals surface area contributed by atoms with Crippen LogP contribution in [-0.4, -0.2) is 17.3 Å². The van der Waals surface area contributed by atoms with Gasteiger partial charge in [0, 0.05) is 11.5 Å². The number of thiol groups is 1. The molecule has 0 saturated heterocycles. The van der Waals surface area contributed by atoms with Crippen LogP contribution in [0.3, 0.4) is 0 Å². The van der Waals surface area contributed by atoms with Gasteiger partial charge in [0.15, 0.2) is 0 Å². The second-order valence-electron chi connectivity index (χ2n) is 4.32. The fourth-order valence-corrected chi connectivity index (χ4v) is 2.24. The summed E-state index contributed by atoms with van der Waals surface area (Å²) in [5, 5.41) is 10.7. The summed E-state index contributed by atoms with van der Waals surface area (Å²) in [6, 6.07) is 4.52. The molecule has 2 rings (SSSR count). The Kier molecular flexibility index (Phi) is 3.63. The molecule has 1 aromatic carbocycles. The third kappa shape index (κ3) is 2.93. The number of nitro groups is 1. The van der Waals surface area contributed by atoms with Crippen LogP contribution < -0.4 is 4.74 Å². The summed E-state index contributed by atoms with van der Waals surface area (Å²) in [4.78, 5) is 10.2. The molecule has 1 aliphatic rings. The van der Waals surface area contributed by atoms with Crippen molar-refractivity contribution in [2.24, 2.45) is 5.41 Å². The van der Waals surface area contributed by atoms with Gasteiger partial charge < -0.3 is 4.74 Å². The summed E-state index contributed by atoms with van der Waals surface area (Å²) in [7, 11) is 0. The van der Waals surface area contributed by atoms with Gasteiger partial charge in [-0.05, 0) is 40.6 Å². The molecular formula is C11H12BrNO3S. The van der Waals surface area contributed by atoms with Gasteiger partial charge in [-0.1, -0.05) is 0 Å². The van der Waals surface area contributed by atoms with Crippen molar-refractivity contribution in [1.82, 2.24) is 0 Å². The molecule has 17 heavy (non-hydrogen) atoms. The van der Waals surface area contributed by atoms with Crippen LogP contribution >= 0.6 is 28.6 Å². The molecule has 0 radical (unpaired) electrons. The van der Waals surface area contributed by atoms with Crippen molar-refractivity contribution in [2.45, 2.75) is 12.8 Å². The first-order valence-electron chi connectivity index (χ1n) is 5.24. The molecule has 0 heterocycles. The Labute approximate surface area is 113 Å². The SMILES string of the molecule is O=[N+]([O-])c1ccc(Br)c(OCC2(CS)CC2)c1. The molecule has 0 unspecified atom stereocenters. The van der Waals surface area contributed by atoms with E-state index in [2.05, 4.69) is 28.6 Å². The third-order valence-electron chi connectivity index (χ3n) is 2.95. The van der Waals surface area contributed by atoms with Crippen LogP contribution in [0.1, 0.15) is 12.8 Å². The predicted octanol–water partition coefficient (Wildman–Crippen LogP) is 3.45. The molecule has 1 aromatic rings. The predicted molar refractivity (Wildman–Crippen MR) is 71.8 cm³/mol. The van der Waals surface area contributed by atoms with E-state index >= 15 is 0 Å². The molecule has 1 saturated carbocycles. The topological polar surface area (TPSA) is 52.4 Å². The first-order valence-corrected chi connectivity index (χ1v) is 6.66. The molecule has 0 aliphatic heterocycles. The maximum atomic E-state index is 10.7. The number of rotatable bonds is 5. The van der Waals surface area contributed by atoms with Gasteiger partial charge in [0.05, 0.1) is 22.1 Å². The minimum Gasteiger partial charge on any atom is -0.492 e. The number of ether oxygens (including phenoxy) is 1. The van der Waals surface area contributed by atoms with Crippen molar-refractivity contribution in [3.8, 4) is 5.75 Å². The largest absolute Gasteiger partial charge is 0.492 e. The van der Waals surface area contributed by atoms with Gasteiger partial charge >= 0.3 is 0 Å². The fraction of sp³-hybridized carbons (Fsp3) is 0.455. The van der Waals surface area contributed by atoms with E-state index in [1.807, 2.05) is 0 Å². The maximum absolute atomic E-state index is 10.7. The van der Waals surface area contributed by atoms with E-state index in [0.29, 0.717) is 12.4 Å². The Morgan fingerprint density at radius 2 is 2.24 bits per heavy atom. The van der Waals surface area contributed by atoms with Gasteiger partial charge in [0.1, 0.15) is 5.75 Å². The highest BCUT2D eigenvalue weighted by Gasteiger charge is 2.42. The van der Waals surface area contributed by atoms with Crippen molar-refractivity contribution < 1.29 is 9.66 Å². The van der Waals surface area contributed by atoms with Gasteiger partial charge in [-0.15, -0.1) is 0 Å². The zero-order valence-corrected chi connectivity index (χ0v) is 11.5. The molecule has 0 bridgehead atoms. The summed E-state index contributed by atoms with van der Waals surface area (Å²) >= 11 is 7.61. The maximum Gasteiger partial charge on any atom is 0.273 e. The van der Waals surface area contributed by atoms with Crippen molar-refractivity contribution in [2.75, 3.05) is 12.4 Å². The number of hydrogen-bond acceptors (Lipinski definition) is 4. The molecular weight excluding hydrogens is 306 g/mol. The summed E-state index contributed by atoms with van der Waals surface area (Å²) in [5.41, 5.74) is 0.214. The zero-order chi connectivity index (χ0) is 12.5. The second kappa shape index (κ2) is 4.86. The number of non-ortho nitro benzene ring substituents is 1. The lowest BCUT2D eigenvalue weighted by molar-refractivity contribution is -0.385. The molecule has 92 valence electrons. The molecule has 6 heteroatoms. The molecule has 0 amide bonds. The highest BCUT2D eigenvalue weighted by molar-refractivity contribution is 9.10. The van der Waals surface area contributed by atoms with Crippen molar-refractivity contribution in [3.63, 3.8) is 0 Å². The minimum absolute atomic E-state index is 0.0407. The number of nitro benzene ring substituents is 1. The summed E-state index contributed by atoms with van der Waals surface area (Å²) in [6.07, 6.45) is 2.23. The van der Waals surface area contributed by atoms with Crippen molar-refractivity contribution >= 4 is 34.2 Å². The van der Waals surface area contributed by atoms with Gasteiger partial charge in [-0.3, -0.25) is 10.1 Å². The monoisotopic (exact) mass is 317 g/mol. The summed E-state index contributed by atoms with van der Waals surface area (Å²) in [5.74, 6) is 1.31. The Hall–Kier alpha value is -0.750. The zero-order valence-electron chi connectivity index (χ0n) is 9.06. The standard InChI is InChI=1S/C11H12BrNO3S/c12-9-2-1-8(13(14)15)5-10(9)16-6-11(7-17)3-4-11/h1-2,5,17H,3-4,6-7H2. The van der Waals surface area contributed by atoms with Gasteiger partial charge in [0.25, 0.3) is 5.69 Å². The number of benzene rings is 1.